The first-order valence-electron chi connectivity index (χ1n) is 4.70. The van der Waals surface area contributed by atoms with Crippen LogP contribution in [0.1, 0.15) is 13.3 Å². The quantitative estimate of drug-likeness (QED) is 0.779. The van der Waals surface area contributed by atoms with Crippen molar-refractivity contribution in [2.24, 2.45) is 0 Å². The lowest BCUT2D eigenvalue weighted by atomic mass is 10.3. The maximum absolute atomic E-state index is 11.7. The Balaban J connectivity index is 2.89. The second-order valence-corrected chi connectivity index (χ2v) is 5.08. The number of sulfonamides is 1. The average molecular weight is 240 g/mol. The molecule has 0 saturated carbocycles. The molecule has 16 heavy (non-hydrogen) atoms. The molecule has 0 fully saturated rings. The summed E-state index contributed by atoms with van der Waals surface area (Å²) in [5, 5.41) is 16.6. The van der Waals surface area contributed by atoms with Crippen LogP contribution in [0.5, 0.6) is 5.75 Å². The topological polar surface area (TPSA) is 90.2 Å². The number of rotatable bonds is 4. The van der Waals surface area contributed by atoms with E-state index in [1.54, 1.807) is 13.0 Å². The lowest BCUT2D eigenvalue weighted by molar-refractivity contribution is 0.475. The van der Waals surface area contributed by atoms with E-state index >= 15 is 0 Å². The van der Waals surface area contributed by atoms with E-state index in [9.17, 15) is 8.42 Å². The van der Waals surface area contributed by atoms with E-state index in [0.717, 1.165) is 0 Å². The summed E-state index contributed by atoms with van der Waals surface area (Å²) in [6, 6.07) is 7.31. The predicted molar refractivity (Wildman–Crippen MR) is 60.3 cm³/mol. The van der Waals surface area contributed by atoms with Gasteiger partial charge >= 0.3 is 0 Å². The third-order valence-electron chi connectivity index (χ3n) is 2.02. The number of phenols is 1. The summed E-state index contributed by atoms with van der Waals surface area (Å²) in [4.78, 5) is 0. The van der Waals surface area contributed by atoms with Crippen molar-refractivity contribution in [2.75, 3.05) is 4.72 Å². The van der Waals surface area contributed by atoms with Gasteiger partial charge in [-0.3, -0.25) is 4.72 Å². The fourth-order valence-electron chi connectivity index (χ4n) is 1.14. The van der Waals surface area contributed by atoms with Crippen LogP contribution < -0.4 is 4.72 Å². The van der Waals surface area contributed by atoms with Gasteiger partial charge in [-0.2, -0.15) is 5.26 Å². The zero-order chi connectivity index (χ0) is 12.2. The second kappa shape index (κ2) is 4.86. The molecule has 1 atom stereocenters. The third kappa shape index (κ3) is 2.87. The zero-order valence-corrected chi connectivity index (χ0v) is 9.53. The number of phenolic OH excluding ortho intramolecular Hbond substituents is 1. The van der Waals surface area contributed by atoms with E-state index in [4.69, 9.17) is 10.4 Å². The Morgan fingerprint density at radius 2 is 2.00 bits per heavy atom. The molecule has 0 aliphatic carbocycles. The van der Waals surface area contributed by atoms with Gasteiger partial charge < -0.3 is 5.11 Å². The van der Waals surface area contributed by atoms with Crippen molar-refractivity contribution in [2.45, 2.75) is 18.6 Å². The first kappa shape index (κ1) is 12.3. The summed E-state index contributed by atoms with van der Waals surface area (Å²) < 4.78 is 25.6. The number of nitrogens with zero attached hydrogens (tertiary/aromatic N) is 1. The van der Waals surface area contributed by atoms with Crippen LogP contribution in [-0.4, -0.2) is 18.8 Å². The Kier molecular flexibility index (Phi) is 3.74. The van der Waals surface area contributed by atoms with E-state index in [1.807, 2.05) is 0 Å². The monoisotopic (exact) mass is 240 g/mol. The average Bonchev–Trinajstić information content (AvgIpc) is 2.22. The van der Waals surface area contributed by atoms with Gasteiger partial charge in [0.25, 0.3) is 0 Å². The van der Waals surface area contributed by atoms with E-state index in [-0.39, 0.29) is 12.2 Å². The van der Waals surface area contributed by atoms with Crippen LogP contribution in [0.15, 0.2) is 24.3 Å². The van der Waals surface area contributed by atoms with Gasteiger partial charge in [-0.1, -0.05) is 6.92 Å². The van der Waals surface area contributed by atoms with Crippen LogP contribution in [0.2, 0.25) is 0 Å². The molecule has 2 N–H and O–H groups in total. The molecule has 6 heteroatoms. The Morgan fingerprint density at radius 3 is 2.44 bits per heavy atom. The van der Waals surface area contributed by atoms with Gasteiger partial charge in [-0.25, -0.2) is 8.42 Å². The first-order chi connectivity index (χ1) is 7.49. The molecule has 0 aliphatic rings. The molecule has 1 aromatic rings. The van der Waals surface area contributed by atoms with Gasteiger partial charge in [0.05, 0.1) is 6.07 Å². The summed E-state index contributed by atoms with van der Waals surface area (Å²) in [7, 11) is -3.68. The molecule has 5 nitrogen and oxygen atoms in total. The van der Waals surface area contributed by atoms with Crippen molar-refractivity contribution in [3.8, 4) is 11.8 Å². The summed E-state index contributed by atoms with van der Waals surface area (Å²) in [5.41, 5.74) is 0.325. The Morgan fingerprint density at radius 1 is 1.44 bits per heavy atom. The fraction of sp³-hybridized carbons (Fsp3) is 0.300. The number of benzene rings is 1. The van der Waals surface area contributed by atoms with Gasteiger partial charge in [-0.15, -0.1) is 0 Å². The van der Waals surface area contributed by atoms with Crippen molar-refractivity contribution in [1.82, 2.24) is 0 Å². The molecule has 0 amide bonds. The standard InChI is InChI=1S/C10H12N2O3S/c1-2-10(7-11)16(14,15)12-8-3-5-9(13)6-4-8/h3-6,10,12-13H,2H2,1H3. The number of nitriles is 1. The number of hydrogen-bond donors (Lipinski definition) is 2. The predicted octanol–water partition coefficient (Wildman–Crippen LogP) is 1.44. The molecule has 0 radical (unpaired) electrons. The van der Waals surface area contributed by atoms with Gasteiger partial charge in [0.2, 0.25) is 10.0 Å². The number of nitrogens with one attached hydrogen (secondary N) is 1. The molecule has 0 heterocycles. The fourth-order valence-corrected chi connectivity index (χ4v) is 2.33. The van der Waals surface area contributed by atoms with Crippen LogP contribution in [0.3, 0.4) is 0 Å². The van der Waals surface area contributed by atoms with Crippen molar-refractivity contribution in [3.63, 3.8) is 0 Å². The van der Waals surface area contributed by atoms with E-state index in [0.29, 0.717) is 5.69 Å². The second-order valence-electron chi connectivity index (χ2n) is 3.22. The molecule has 0 aliphatic heterocycles. The Labute approximate surface area is 94.4 Å². The highest BCUT2D eigenvalue weighted by atomic mass is 32.2. The summed E-state index contributed by atoms with van der Waals surface area (Å²) >= 11 is 0. The molecule has 0 bridgehead atoms. The highest BCUT2D eigenvalue weighted by Gasteiger charge is 2.23. The Bertz CT molecular complexity index is 488. The molecule has 0 saturated heterocycles. The lowest BCUT2D eigenvalue weighted by Gasteiger charge is -2.10. The van der Waals surface area contributed by atoms with Crippen LogP contribution in [0.25, 0.3) is 0 Å². The summed E-state index contributed by atoms with van der Waals surface area (Å²) in [6.07, 6.45) is 0.226. The van der Waals surface area contributed by atoms with Gasteiger partial charge in [0.15, 0.2) is 5.25 Å². The van der Waals surface area contributed by atoms with Crippen LogP contribution in [0, 0.1) is 11.3 Å². The van der Waals surface area contributed by atoms with Gasteiger partial charge in [-0.05, 0) is 30.7 Å². The number of hydrogen-bond acceptors (Lipinski definition) is 4. The minimum Gasteiger partial charge on any atom is -0.508 e. The lowest BCUT2D eigenvalue weighted by Crippen LogP contribution is -2.25. The molecular weight excluding hydrogens is 228 g/mol. The minimum atomic E-state index is -3.68. The van der Waals surface area contributed by atoms with E-state index in [1.165, 1.54) is 24.3 Å². The smallest absolute Gasteiger partial charge is 0.249 e. The van der Waals surface area contributed by atoms with Crippen LogP contribution >= 0.6 is 0 Å². The summed E-state index contributed by atoms with van der Waals surface area (Å²) in [6.45, 7) is 1.63. The van der Waals surface area contributed by atoms with Crippen molar-refractivity contribution in [1.29, 1.82) is 5.26 Å². The largest absolute Gasteiger partial charge is 0.508 e. The van der Waals surface area contributed by atoms with Crippen molar-refractivity contribution in [3.05, 3.63) is 24.3 Å². The van der Waals surface area contributed by atoms with Crippen molar-refractivity contribution >= 4 is 15.7 Å². The molecule has 0 spiro atoms. The number of anilines is 1. The molecule has 1 rings (SSSR count). The maximum Gasteiger partial charge on any atom is 0.249 e. The Hall–Kier alpha value is -1.74. The SMILES string of the molecule is CCC(C#N)S(=O)(=O)Nc1ccc(O)cc1. The van der Waals surface area contributed by atoms with E-state index in [2.05, 4.69) is 4.72 Å². The third-order valence-corrected chi connectivity index (χ3v) is 3.72. The molecule has 0 aromatic heterocycles. The van der Waals surface area contributed by atoms with E-state index < -0.39 is 15.3 Å². The minimum absolute atomic E-state index is 0.0512. The van der Waals surface area contributed by atoms with Crippen LogP contribution in [0.4, 0.5) is 5.69 Å². The van der Waals surface area contributed by atoms with Gasteiger partial charge in [0.1, 0.15) is 5.75 Å². The number of aromatic hydroxyl groups is 1. The molecule has 1 aromatic carbocycles. The van der Waals surface area contributed by atoms with Crippen molar-refractivity contribution < 1.29 is 13.5 Å². The molecular formula is C10H12N2O3S. The maximum atomic E-state index is 11.7. The highest BCUT2D eigenvalue weighted by Crippen LogP contribution is 2.17. The highest BCUT2D eigenvalue weighted by molar-refractivity contribution is 7.93. The molecule has 1 unspecified atom stereocenters. The summed E-state index contributed by atoms with van der Waals surface area (Å²) in [5.74, 6) is 0.0512. The zero-order valence-electron chi connectivity index (χ0n) is 8.71. The normalized spacial score (nSPS) is 12.8. The van der Waals surface area contributed by atoms with Crippen LogP contribution in [-0.2, 0) is 10.0 Å². The first-order valence-corrected chi connectivity index (χ1v) is 6.24. The molecule has 86 valence electrons. The van der Waals surface area contributed by atoms with Gasteiger partial charge in [0, 0.05) is 5.69 Å².